The van der Waals surface area contributed by atoms with Gasteiger partial charge in [0, 0.05) is 23.2 Å². The van der Waals surface area contributed by atoms with Crippen molar-refractivity contribution in [3.63, 3.8) is 0 Å². The van der Waals surface area contributed by atoms with Gasteiger partial charge in [-0.15, -0.1) is 0 Å². The van der Waals surface area contributed by atoms with Gasteiger partial charge >= 0.3 is 0 Å². The van der Waals surface area contributed by atoms with Gasteiger partial charge in [0.1, 0.15) is 0 Å². The van der Waals surface area contributed by atoms with Crippen molar-refractivity contribution < 1.29 is 18.0 Å². The summed E-state index contributed by atoms with van der Waals surface area (Å²) in [5.41, 5.74) is 3.28. The van der Waals surface area contributed by atoms with Gasteiger partial charge in [0.25, 0.3) is 10.0 Å². The Hall–Kier alpha value is -3.94. The average molecular weight is 533 g/mol. The lowest BCUT2D eigenvalue weighted by Crippen LogP contribution is -2.26. The minimum absolute atomic E-state index is 0.0380. The molecule has 0 fully saturated rings. The van der Waals surface area contributed by atoms with Crippen molar-refractivity contribution in [2.75, 3.05) is 16.7 Å². The fraction of sp³-hybridized carbons (Fsp3) is 0.103. The van der Waals surface area contributed by atoms with E-state index >= 15 is 0 Å². The number of halogens is 1. The van der Waals surface area contributed by atoms with Crippen molar-refractivity contribution in [1.29, 1.82) is 0 Å². The maximum atomic E-state index is 13.0. The number of hydrogen-bond donors (Lipinski definition) is 1. The van der Waals surface area contributed by atoms with Gasteiger partial charge in [-0.3, -0.25) is 13.9 Å². The summed E-state index contributed by atoms with van der Waals surface area (Å²) in [4.78, 5) is 26.0. The number of hydrogen-bond acceptors (Lipinski definition) is 4. The van der Waals surface area contributed by atoms with Gasteiger partial charge in [-0.05, 0) is 55.0 Å². The van der Waals surface area contributed by atoms with Gasteiger partial charge in [0.05, 0.1) is 22.7 Å². The smallest absolute Gasteiger partial charge is 0.264 e. The summed E-state index contributed by atoms with van der Waals surface area (Å²) in [6.07, 6.45) is 0.0380. The summed E-state index contributed by atoms with van der Waals surface area (Å²) in [6, 6.07) is 26.9. The van der Waals surface area contributed by atoms with Crippen LogP contribution >= 0.6 is 11.6 Å². The van der Waals surface area contributed by atoms with Crippen LogP contribution in [0.1, 0.15) is 27.0 Å². The number of rotatable bonds is 8. The monoisotopic (exact) mass is 532 g/mol. The number of sulfonamides is 1. The van der Waals surface area contributed by atoms with Crippen LogP contribution in [0.2, 0.25) is 5.02 Å². The predicted molar refractivity (Wildman–Crippen MR) is 147 cm³/mol. The molecule has 1 amide bonds. The quantitative estimate of drug-likeness (QED) is 0.287. The first kappa shape index (κ1) is 26.1. The number of nitrogens with zero attached hydrogens (tertiary/aromatic N) is 1. The molecule has 37 heavy (non-hydrogen) atoms. The lowest BCUT2D eigenvalue weighted by atomic mass is 10.0. The van der Waals surface area contributed by atoms with Crippen molar-refractivity contribution in [3.05, 3.63) is 124 Å². The number of amides is 1. The van der Waals surface area contributed by atoms with Gasteiger partial charge in [-0.25, -0.2) is 8.42 Å². The van der Waals surface area contributed by atoms with E-state index in [-0.39, 0.29) is 23.0 Å². The fourth-order valence-electron chi connectivity index (χ4n) is 3.77. The van der Waals surface area contributed by atoms with Crippen LogP contribution in [-0.4, -0.2) is 27.2 Å². The molecule has 4 aromatic carbocycles. The molecular formula is C29H25ClN2O4S. The number of carbonyl (C=O) groups excluding carboxylic acids is 2. The molecule has 0 unspecified atom stereocenters. The summed E-state index contributed by atoms with van der Waals surface area (Å²) in [5, 5.41) is 3.19. The Morgan fingerprint density at radius 2 is 1.51 bits per heavy atom. The molecule has 0 bridgehead atoms. The van der Waals surface area contributed by atoms with Crippen LogP contribution in [0.3, 0.4) is 0 Å². The minimum Gasteiger partial charge on any atom is -0.325 e. The molecule has 0 saturated carbocycles. The maximum Gasteiger partial charge on any atom is 0.264 e. The van der Waals surface area contributed by atoms with Crippen LogP contribution in [0, 0.1) is 6.92 Å². The van der Waals surface area contributed by atoms with Crippen LogP contribution in [0.15, 0.2) is 102 Å². The highest BCUT2D eigenvalue weighted by molar-refractivity contribution is 7.92. The molecule has 0 atom stereocenters. The topological polar surface area (TPSA) is 83.6 Å². The van der Waals surface area contributed by atoms with Crippen LogP contribution in [0.5, 0.6) is 0 Å². The van der Waals surface area contributed by atoms with Gasteiger partial charge in [-0.2, -0.15) is 0 Å². The third-order valence-electron chi connectivity index (χ3n) is 5.88. The highest BCUT2D eigenvalue weighted by Gasteiger charge is 2.21. The first-order valence-electron chi connectivity index (χ1n) is 11.5. The Kier molecular flexibility index (Phi) is 7.76. The second-order valence-electron chi connectivity index (χ2n) is 8.56. The molecular weight excluding hydrogens is 508 g/mol. The highest BCUT2D eigenvalue weighted by atomic mass is 35.5. The summed E-state index contributed by atoms with van der Waals surface area (Å²) < 4.78 is 27.1. The van der Waals surface area contributed by atoms with Crippen molar-refractivity contribution in [1.82, 2.24) is 0 Å². The van der Waals surface area contributed by atoms with Crippen molar-refractivity contribution in [2.24, 2.45) is 0 Å². The molecule has 0 saturated heterocycles. The van der Waals surface area contributed by atoms with Gasteiger partial charge in [-0.1, -0.05) is 71.8 Å². The largest absolute Gasteiger partial charge is 0.325 e. The molecule has 1 N–H and O–H groups in total. The predicted octanol–water partition coefficient (Wildman–Crippen LogP) is 5.89. The number of nitrogens with one attached hydrogen (secondary N) is 1. The molecule has 0 heterocycles. The lowest BCUT2D eigenvalue weighted by Gasteiger charge is -2.20. The number of aryl methyl sites for hydroxylation is 1. The molecule has 4 rings (SSSR count). The fourth-order valence-corrected chi connectivity index (χ4v) is 5.14. The van der Waals surface area contributed by atoms with E-state index in [9.17, 15) is 18.0 Å². The van der Waals surface area contributed by atoms with Crippen molar-refractivity contribution >= 4 is 44.7 Å². The van der Waals surface area contributed by atoms with Gasteiger partial charge < -0.3 is 5.32 Å². The zero-order chi connectivity index (χ0) is 26.6. The number of carbonyl (C=O) groups is 2. The number of anilines is 2. The normalized spacial score (nSPS) is 11.1. The molecule has 0 aromatic heterocycles. The first-order chi connectivity index (χ1) is 17.6. The van der Waals surface area contributed by atoms with E-state index in [1.165, 1.54) is 17.4 Å². The molecule has 0 aliphatic carbocycles. The molecule has 4 aromatic rings. The van der Waals surface area contributed by atoms with Crippen LogP contribution in [0.25, 0.3) is 0 Å². The van der Waals surface area contributed by atoms with Gasteiger partial charge in [0.2, 0.25) is 5.91 Å². The molecule has 188 valence electrons. The highest BCUT2D eigenvalue weighted by Crippen LogP contribution is 2.25. The Morgan fingerprint density at radius 3 is 2.16 bits per heavy atom. The lowest BCUT2D eigenvalue weighted by molar-refractivity contribution is -0.115. The van der Waals surface area contributed by atoms with Crippen molar-refractivity contribution in [3.8, 4) is 0 Å². The molecule has 6 nitrogen and oxygen atoms in total. The van der Waals surface area contributed by atoms with Crippen LogP contribution in [-0.2, 0) is 21.2 Å². The Morgan fingerprint density at radius 1 is 0.865 bits per heavy atom. The Bertz CT molecular complexity index is 1540. The van der Waals surface area contributed by atoms with Crippen LogP contribution < -0.4 is 9.62 Å². The van der Waals surface area contributed by atoms with E-state index in [0.29, 0.717) is 33.1 Å². The Balaban J connectivity index is 1.47. The number of benzene rings is 4. The SMILES string of the molecule is Cc1ccc(S(=O)(=O)N(C)c2ccc(CC(=O)Nc3ccc(Cl)cc3C(=O)c3ccccc3)cc2)cc1. The molecule has 8 heteroatoms. The third-order valence-corrected chi connectivity index (χ3v) is 7.92. The standard InChI is InChI=1S/C29H25ClN2O4S/c1-20-8-15-25(16-9-20)37(35,36)32(2)24-13-10-21(11-14-24)18-28(33)31-27-17-12-23(30)19-26(27)29(34)22-6-4-3-5-7-22/h3-17,19H,18H2,1-2H3,(H,31,33). The van der Waals surface area contributed by atoms with Crippen LogP contribution in [0.4, 0.5) is 11.4 Å². The molecule has 0 radical (unpaired) electrons. The average Bonchev–Trinajstić information content (AvgIpc) is 2.90. The summed E-state index contributed by atoms with van der Waals surface area (Å²) in [5.74, 6) is -0.571. The van der Waals surface area contributed by atoms with E-state index in [2.05, 4.69) is 5.32 Å². The zero-order valence-electron chi connectivity index (χ0n) is 20.3. The van der Waals surface area contributed by atoms with E-state index in [4.69, 9.17) is 11.6 Å². The van der Waals surface area contributed by atoms with Crippen molar-refractivity contribution in [2.45, 2.75) is 18.2 Å². The van der Waals surface area contributed by atoms with Gasteiger partial charge in [0.15, 0.2) is 5.78 Å². The summed E-state index contributed by atoms with van der Waals surface area (Å²) in [7, 11) is -2.22. The third kappa shape index (κ3) is 6.07. The van der Waals surface area contributed by atoms with E-state index in [1.807, 2.05) is 13.0 Å². The summed E-state index contributed by atoms with van der Waals surface area (Å²) >= 11 is 6.12. The van der Waals surface area contributed by atoms with E-state index in [1.54, 1.807) is 84.9 Å². The second kappa shape index (κ2) is 11.0. The van der Waals surface area contributed by atoms with E-state index in [0.717, 1.165) is 5.56 Å². The van der Waals surface area contributed by atoms with E-state index < -0.39 is 10.0 Å². The minimum atomic E-state index is -3.71. The summed E-state index contributed by atoms with van der Waals surface area (Å²) in [6.45, 7) is 1.89. The molecule has 0 aliphatic rings. The molecule has 0 spiro atoms. The molecule has 0 aliphatic heterocycles. The second-order valence-corrected chi connectivity index (χ2v) is 11.0. The first-order valence-corrected chi connectivity index (χ1v) is 13.3. The zero-order valence-corrected chi connectivity index (χ0v) is 21.9. The Labute approximate surface area is 221 Å². The number of ketones is 1. The maximum absolute atomic E-state index is 13.0.